The van der Waals surface area contributed by atoms with E-state index in [4.69, 9.17) is 5.11 Å². The Morgan fingerprint density at radius 1 is 1.29 bits per heavy atom. The summed E-state index contributed by atoms with van der Waals surface area (Å²) in [6, 6.07) is 2.77. The Kier molecular flexibility index (Phi) is 2.82. The second kappa shape index (κ2) is 4.44. The van der Waals surface area contributed by atoms with Crippen LogP contribution in [0.15, 0.2) is 30.9 Å². The van der Waals surface area contributed by atoms with E-state index in [0.29, 0.717) is 5.69 Å². The van der Waals surface area contributed by atoms with Gasteiger partial charge in [0.15, 0.2) is 0 Å². The molecule has 0 atom stereocenters. The SMILES string of the molecule is O=C(O)c1ccc(NC(=O)c2cnc[nH]2)nc1. The zero-order valence-electron chi connectivity index (χ0n) is 8.54. The third-order valence-corrected chi connectivity index (χ3v) is 1.99. The standard InChI is InChI=1S/C10H8N4O3/c15-9(7-4-11-5-13-7)14-8-2-1-6(3-12-8)10(16)17/h1-5H,(H,11,13)(H,16,17)(H,12,14,15). The molecule has 7 nitrogen and oxygen atoms in total. The van der Waals surface area contributed by atoms with Crippen molar-refractivity contribution in [2.24, 2.45) is 0 Å². The average Bonchev–Trinajstić information content (AvgIpc) is 2.83. The minimum absolute atomic E-state index is 0.0598. The minimum atomic E-state index is -1.07. The van der Waals surface area contributed by atoms with Crippen LogP contribution in [0.4, 0.5) is 5.82 Å². The first-order chi connectivity index (χ1) is 8.16. The molecule has 0 bridgehead atoms. The predicted octanol–water partition coefficient (Wildman–Crippen LogP) is 0.755. The van der Waals surface area contributed by atoms with Crippen molar-refractivity contribution in [3.8, 4) is 0 Å². The van der Waals surface area contributed by atoms with Crippen LogP contribution in [-0.2, 0) is 0 Å². The molecule has 0 aliphatic rings. The van der Waals surface area contributed by atoms with Gasteiger partial charge in [0.05, 0.1) is 18.1 Å². The number of nitrogens with zero attached hydrogens (tertiary/aromatic N) is 2. The number of hydrogen-bond acceptors (Lipinski definition) is 4. The fraction of sp³-hybridized carbons (Fsp3) is 0. The van der Waals surface area contributed by atoms with Crippen LogP contribution in [0.1, 0.15) is 20.8 Å². The molecule has 2 aromatic heterocycles. The van der Waals surface area contributed by atoms with Gasteiger partial charge in [0.1, 0.15) is 11.5 Å². The molecule has 0 spiro atoms. The first-order valence-corrected chi connectivity index (χ1v) is 4.66. The zero-order valence-corrected chi connectivity index (χ0v) is 8.54. The topological polar surface area (TPSA) is 108 Å². The predicted molar refractivity (Wildman–Crippen MR) is 57.7 cm³/mol. The lowest BCUT2D eigenvalue weighted by molar-refractivity contribution is 0.0696. The van der Waals surface area contributed by atoms with E-state index in [1.807, 2.05) is 0 Å². The average molecular weight is 232 g/mol. The number of anilines is 1. The summed E-state index contributed by atoms with van der Waals surface area (Å²) in [7, 11) is 0. The van der Waals surface area contributed by atoms with Crippen molar-refractivity contribution >= 4 is 17.7 Å². The van der Waals surface area contributed by atoms with Crippen molar-refractivity contribution < 1.29 is 14.7 Å². The summed E-state index contributed by atoms with van der Waals surface area (Å²) >= 11 is 0. The van der Waals surface area contributed by atoms with E-state index in [1.165, 1.54) is 30.9 Å². The van der Waals surface area contributed by atoms with Crippen molar-refractivity contribution in [1.29, 1.82) is 0 Å². The van der Waals surface area contributed by atoms with Crippen LogP contribution in [0.3, 0.4) is 0 Å². The van der Waals surface area contributed by atoms with Crippen LogP contribution in [0.5, 0.6) is 0 Å². The summed E-state index contributed by atoms with van der Waals surface area (Å²) in [5, 5.41) is 11.2. The number of amides is 1. The number of rotatable bonds is 3. The van der Waals surface area contributed by atoms with Crippen LogP contribution in [0.2, 0.25) is 0 Å². The number of carboxylic acid groups (broad SMARTS) is 1. The summed E-state index contributed by atoms with van der Waals surface area (Å²) < 4.78 is 0. The number of carboxylic acids is 1. The minimum Gasteiger partial charge on any atom is -0.478 e. The van der Waals surface area contributed by atoms with Crippen molar-refractivity contribution in [1.82, 2.24) is 15.0 Å². The van der Waals surface area contributed by atoms with Gasteiger partial charge in [0, 0.05) is 6.20 Å². The maximum Gasteiger partial charge on any atom is 0.337 e. The molecule has 2 aromatic rings. The fourth-order valence-electron chi connectivity index (χ4n) is 1.16. The van der Waals surface area contributed by atoms with Gasteiger partial charge in [-0.3, -0.25) is 4.79 Å². The third kappa shape index (κ3) is 2.46. The Morgan fingerprint density at radius 3 is 2.65 bits per heavy atom. The number of aromatic nitrogens is 3. The molecule has 86 valence electrons. The lowest BCUT2D eigenvalue weighted by Gasteiger charge is -2.02. The quantitative estimate of drug-likeness (QED) is 0.723. The lowest BCUT2D eigenvalue weighted by atomic mass is 10.3. The van der Waals surface area contributed by atoms with Gasteiger partial charge in [-0.1, -0.05) is 0 Å². The Bertz CT molecular complexity index is 533. The van der Waals surface area contributed by atoms with Crippen LogP contribution < -0.4 is 5.32 Å². The molecule has 1 amide bonds. The molecule has 0 fully saturated rings. The highest BCUT2D eigenvalue weighted by Gasteiger charge is 2.08. The summed E-state index contributed by atoms with van der Waals surface area (Å²) in [4.78, 5) is 32.3. The highest BCUT2D eigenvalue weighted by Crippen LogP contribution is 2.06. The summed E-state index contributed by atoms with van der Waals surface area (Å²) in [5.74, 6) is -1.18. The summed E-state index contributed by atoms with van der Waals surface area (Å²) in [6.45, 7) is 0. The lowest BCUT2D eigenvalue weighted by Crippen LogP contribution is -2.13. The van der Waals surface area contributed by atoms with Gasteiger partial charge in [0.25, 0.3) is 5.91 Å². The maximum atomic E-state index is 11.6. The molecule has 0 saturated heterocycles. The molecular formula is C10H8N4O3. The van der Waals surface area contributed by atoms with E-state index in [2.05, 4.69) is 20.3 Å². The number of aromatic amines is 1. The molecule has 0 aromatic carbocycles. The number of imidazole rings is 1. The molecule has 2 rings (SSSR count). The van der Waals surface area contributed by atoms with E-state index in [0.717, 1.165) is 0 Å². The first kappa shape index (κ1) is 10.8. The third-order valence-electron chi connectivity index (χ3n) is 1.99. The molecule has 7 heteroatoms. The summed E-state index contributed by atoms with van der Waals surface area (Å²) in [6.07, 6.45) is 3.93. The molecule has 0 aliphatic heterocycles. The zero-order chi connectivity index (χ0) is 12.3. The van der Waals surface area contributed by atoms with E-state index < -0.39 is 11.9 Å². The van der Waals surface area contributed by atoms with Crippen molar-refractivity contribution in [2.45, 2.75) is 0 Å². The van der Waals surface area contributed by atoms with Crippen LogP contribution in [0.25, 0.3) is 0 Å². The van der Waals surface area contributed by atoms with Gasteiger partial charge < -0.3 is 15.4 Å². The Morgan fingerprint density at radius 2 is 2.12 bits per heavy atom. The number of carbonyl (C=O) groups excluding carboxylic acids is 1. The van der Waals surface area contributed by atoms with Gasteiger partial charge in [-0.2, -0.15) is 0 Å². The van der Waals surface area contributed by atoms with E-state index in [1.54, 1.807) is 0 Å². The normalized spacial score (nSPS) is 9.88. The number of pyridine rings is 1. The number of hydrogen-bond donors (Lipinski definition) is 3. The molecule has 0 saturated carbocycles. The van der Waals surface area contributed by atoms with Crippen molar-refractivity contribution in [3.63, 3.8) is 0 Å². The van der Waals surface area contributed by atoms with Crippen molar-refractivity contribution in [2.75, 3.05) is 5.32 Å². The van der Waals surface area contributed by atoms with Gasteiger partial charge in [-0.15, -0.1) is 0 Å². The highest BCUT2D eigenvalue weighted by atomic mass is 16.4. The number of nitrogens with one attached hydrogen (secondary N) is 2. The van der Waals surface area contributed by atoms with Gasteiger partial charge in [-0.25, -0.2) is 14.8 Å². The number of H-pyrrole nitrogens is 1. The Labute approximate surface area is 95.5 Å². The molecule has 0 radical (unpaired) electrons. The highest BCUT2D eigenvalue weighted by molar-refractivity contribution is 6.02. The van der Waals surface area contributed by atoms with Crippen LogP contribution in [-0.4, -0.2) is 31.9 Å². The molecule has 2 heterocycles. The molecular weight excluding hydrogens is 224 g/mol. The maximum absolute atomic E-state index is 11.6. The van der Waals surface area contributed by atoms with Gasteiger partial charge >= 0.3 is 5.97 Å². The van der Waals surface area contributed by atoms with E-state index >= 15 is 0 Å². The van der Waals surface area contributed by atoms with E-state index in [9.17, 15) is 9.59 Å². The van der Waals surface area contributed by atoms with Crippen LogP contribution >= 0.6 is 0 Å². The molecule has 0 unspecified atom stereocenters. The smallest absolute Gasteiger partial charge is 0.337 e. The molecule has 3 N–H and O–H groups in total. The fourth-order valence-corrected chi connectivity index (χ4v) is 1.16. The molecule has 17 heavy (non-hydrogen) atoms. The summed E-state index contributed by atoms with van der Waals surface area (Å²) in [5.41, 5.74) is 0.360. The Hall–Kier alpha value is -2.70. The van der Waals surface area contributed by atoms with Gasteiger partial charge in [-0.05, 0) is 12.1 Å². The second-order valence-corrected chi connectivity index (χ2v) is 3.16. The van der Waals surface area contributed by atoms with Crippen molar-refractivity contribution in [3.05, 3.63) is 42.1 Å². The van der Waals surface area contributed by atoms with Crippen LogP contribution in [0, 0.1) is 0 Å². The Balaban J connectivity index is 2.09. The largest absolute Gasteiger partial charge is 0.478 e. The number of aromatic carboxylic acids is 1. The van der Waals surface area contributed by atoms with E-state index in [-0.39, 0.29) is 11.4 Å². The molecule has 0 aliphatic carbocycles. The number of carbonyl (C=O) groups is 2. The monoisotopic (exact) mass is 232 g/mol. The first-order valence-electron chi connectivity index (χ1n) is 4.66. The van der Waals surface area contributed by atoms with Gasteiger partial charge in [0.2, 0.25) is 0 Å². The second-order valence-electron chi connectivity index (χ2n) is 3.16.